The number of rotatable bonds is 10. The van der Waals surface area contributed by atoms with Crippen LogP contribution in [0.3, 0.4) is 0 Å². The van der Waals surface area contributed by atoms with E-state index < -0.39 is 5.83 Å². The largest absolute Gasteiger partial charge is 0.384 e. The lowest BCUT2D eigenvalue weighted by Gasteiger charge is -2.30. The summed E-state index contributed by atoms with van der Waals surface area (Å²) in [7, 11) is 1.82. The molecular weight excluding hydrogens is 319 g/mol. The quantitative estimate of drug-likeness (QED) is 0.443. The van der Waals surface area contributed by atoms with Crippen molar-refractivity contribution in [2.75, 3.05) is 35.8 Å². The lowest BCUT2D eigenvalue weighted by Crippen LogP contribution is -2.40. The first-order chi connectivity index (χ1) is 12.0. The summed E-state index contributed by atoms with van der Waals surface area (Å²) in [4.78, 5) is 10.9. The minimum absolute atomic E-state index is 0.141. The molecule has 3 N–H and O–H groups in total. The van der Waals surface area contributed by atoms with E-state index >= 15 is 0 Å². The molecule has 0 fully saturated rings. The molecule has 25 heavy (non-hydrogen) atoms. The van der Waals surface area contributed by atoms with Crippen LogP contribution >= 0.6 is 0 Å². The zero-order chi connectivity index (χ0) is 18.8. The average Bonchev–Trinajstić information content (AvgIpc) is 2.60. The van der Waals surface area contributed by atoms with Gasteiger partial charge in [0, 0.05) is 19.6 Å². The number of anilines is 3. The Balaban J connectivity index is 3.15. The number of nitrogens with zero attached hydrogens (tertiary/aromatic N) is 3. The van der Waals surface area contributed by atoms with Crippen LogP contribution < -0.4 is 20.9 Å². The third-order valence-electron chi connectivity index (χ3n) is 3.48. The fraction of sp³-hybridized carbons (Fsp3) is 0.444. The molecule has 0 aromatic carbocycles. The maximum atomic E-state index is 13.9. The summed E-state index contributed by atoms with van der Waals surface area (Å²) in [5.41, 5.74) is 1.19. The van der Waals surface area contributed by atoms with Gasteiger partial charge in [-0.2, -0.15) is 4.98 Å². The van der Waals surface area contributed by atoms with Crippen molar-refractivity contribution in [2.24, 2.45) is 0 Å². The van der Waals surface area contributed by atoms with E-state index in [1.54, 1.807) is 18.3 Å². The SMILES string of the molecule is C=C/C(F)=C(\C=C/C)NCN(c1nc(NCC)ncc1NC)C(C)C. The standard InChI is InChI=1S/C18H29FN6/c1-7-10-15(14(19)8-2)23-12-25(13(4)5)17-16(20-6)11-22-18(24-17)21-9-3/h7-8,10-11,13,20,23H,2,9,12H2,1,3-6H3,(H,21,22,24)/b10-7-,15-14-. The van der Waals surface area contributed by atoms with Gasteiger partial charge in [0.2, 0.25) is 5.95 Å². The fourth-order valence-electron chi connectivity index (χ4n) is 2.18. The van der Waals surface area contributed by atoms with Crippen LogP contribution in [0.5, 0.6) is 0 Å². The van der Waals surface area contributed by atoms with Crippen LogP contribution in [0.4, 0.5) is 21.8 Å². The Labute approximate surface area is 149 Å². The van der Waals surface area contributed by atoms with Gasteiger partial charge in [0.15, 0.2) is 5.82 Å². The minimum atomic E-state index is -0.397. The van der Waals surface area contributed by atoms with Crippen LogP contribution in [-0.4, -0.2) is 36.3 Å². The van der Waals surface area contributed by atoms with Crippen molar-refractivity contribution in [3.05, 3.63) is 42.5 Å². The minimum Gasteiger partial charge on any atom is -0.384 e. The molecule has 7 heteroatoms. The topological polar surface area (TPSA) is 65.1 Å². The molecule has 0 bridgehead atoms. The summed E-state index contributed by atoms with van der Waals surface area (Å²) in [6.45, 7) is 12.5. The Morgan fingerprint density at radius 3 is 2.68 bits per heavy atom. The van der Waals surface area contributed by atoms with Gasteiger partial charge in [-0.3, -0.25) is 0 Å². The third kappa shape index (κ3) is 5.77. The average molecular weight is 348 g/mol. The van der Waals surface area contributed by atoms with E-state index in [1.165, 1.54) is 6.08 Å². The van der Waals surface area contributed by atoms with E-state index in [9.17, 15) is 4.39 Å². The molecule has 1 heterocycles. The number of halogens is 1. The van der Waals surface area contributed by atoms with Gasteiger partial charge < -0.3 is 20.9 Å². The van der Waals surface area contributed by atoms with Crippen LogP contribution in [0, 0.1) is 0 Å². The molecule has 1 aromatic heterocycles. The molecule has 0 saturated heterocycles. The van der Waals surface area contributed by atoms with E-state index in [4.69, 9.17) is 0 Å². The van der Waals surface area contributed by atoms with Crippen LogP contribution in [0.2, 0.25) is 0 Å². The smallest absolute Gasteiger partial charge is 0.224 e. The predicted molar refractivity (Wildman–Crippen MR) is 105 cm³/mol. The van der Waals surface area contributed by atoms with Gasteiger partial charge in [0.1, 0.15) is 5.83 Å². The highest BCUT2D eigenvalue weighted by molar-refractivity contribution is 5.66. The summed E-state index contributed by atoms with van der Waals surface area (Å²) in [5.74, 6) is 0.908. The van der Waals surface area contributed by atoms with Crippen molar-refractivity contribution < 1.29 is 4.39 Å². The van der Waals surface area contributed by atoms with Gasteiger partial charge in [-0.1, -0.05) is 12.7 Å². The Bertz CT molecular complexity index is 624. The zero-order valence-corrected chi connectivity index (χ0v) is 15.7. The van der Waals surface area contributed by atoms with E-state index in [2.05, 4.69) is 46.3 Å². The van der Waals surface area contributed by atoms with Crippen molar-refractivity contribution in [2.45, 2.75) is 33.7 Å². The molecule has 1 aromatic rings. The summed E-state index contributed by atoms with van der Waals surface area (Å²) in [6, 6.07) is 0.141. The summed E-state index contributed by atoms with van der Waals surface area (Å²) >= 11 is 0. The molecule has 0 amide bonds. The van der Waals surface area contributed by atoms with Crippen LogP contribution in [0.15, 0.2) is 42.5 Å². The molecule has 1 rings (SSSR count). The first kappa shape index (κ1) is 20.5. The Morgan fingerprint density at radius 2 is 2.16 bits per heavy atom. The fourth-order valence-corrected chi connectivity index (χ4v) is 2.18. The normalized spacial score (nSPS) is 12.1. The molecule has 0 aliphatic rings. The number of hydrogen-bond donors (Lipinski definition) is 3. The van der Waals surface area contributed by atoms with Gasteiger partial charge in [0.05, 0.1) is 24.2 Å². The zero-order valence-electron chi connectivity index (χ0n) is 15.7. The van der Waals surface area contributed by atoms with Gasteiger partial charge >= 0.3 is 0 Å². The molecule has 0 aliphatic heterocycles. The summed E-state index contributed by atoms with van der Waals surface area (Å²) < 4.78 is 13.9. The van der Waals surface area contributed by atoms with E-state index in [0.29, 0.717) is 18.3 Å². The van der Waals surface area contributed by atoms with Crippen LogP contribution in [0.1, 0.15) is 27.7 Å². The maximum absolute atomic E-state index is 13.9. The van der Waals surface area contributed by atoms with Crippen molar-refractivity contribution in [1.82, 2.24) is 15.3 Å². The third-order valence-corrected chi connectivity index (χ3v) is 3.48. The molecular formula is C18H29FN6. The van der Waals surface area contributed by atoms with Gasteiger partial charge in [-0.05, 0) is 39.8 Å². The first-order valence-electron chi connectivity index (χ1n) is 8.42. The maximum Gasteiger partial charge on any atom is 0.224 e. The van der Waals surface area contributed by atoms with Crippen LogP contribution in [-0.2, 0) is 0 Å². The highest BCUT2D eigenvalue weighted by atomic mass is 19.1. The number of aromatic nitrogens is 2. The highest BCUT2D eigenvalue weighted by Gasteiger charge is 2.17. The number of nitrogens with one attached hydrogen (secondary N) is 3. The van der Waals surface area contributed by atoms with Gasteiger partial charge in [-0.15, -0.1) is 0 Å². The van der Waals surface area contributed by atoms with Crippen LogP contribution in [0.25, 0.3) is 0 Å². The van der Waals surface area contributed by atoms with Crippen molar-refractivity contribution in [1.29, 1.82) is 0 Å². The Morgan fingerprint density at radius 1 is 1.44 bits per heavy atom. The summed E-state index contributed by atoms with van der Waals surface area (Å²) in [6.07, 6.45) is 6.38. The molecule has 0 saturated carbocycles. The predicted octanol–water partition coefficient (Wildman–Crippen LogP) is 3.66. The van der Waals surface area contributed by atoms with E-state index in [-0.39, 0.29) is 6.04 Å². The molecule has 0 unspecified atom stereocenters. The van der Waals surface area contributed by atoms with E-state index in [1.807, 2.05) is 25.8 Å². The molecule has 138 valence electrons. The second kappa shape index (κ2) is 10.3. The van der Waals surface area contributed by atoms with Gasteiger partial charge in [0.25, 0.3) is 0 Å². The number of hydrogen-bond acceptors (Lipinski definition) is 6. The Kier molecular flexibility index (Phi) is 8.46. The molecule has 0 atom stereocenters. The molecule has 0 spiro atoms. The molecule has 0 radical (unpaired) electrons. The van der Waals surface area contributed by atoms with Crippen molar-refractivity contribution in [3.8, 4) is 0 Å². The van der Waals surface area contributed by atoms with Crippen molar-refractivity contribution in [3.63, 3.8) is 0 Å². The second-order valence-electron chi connectivity index (χ2n) is 5.58. The number of allylic oxidation sites excluding steroid dienone is 4. The highest BCUT2D eigenvalue weighted by Crippen LogP contribution is 2.25. The van der Waals surface area contributed by atoms with Crippen molar-refractivity contribution >= 4 is 17.5 Å². The second-order valence-corrected chi connectivity index (χ2v) is 5.58. The molecule has 6 nitrogen and oxygen atoms in total. The molecule has 0 aliphatic carbocycles. The lowest BCUT2D eigenvalue weighted by molar-refractivity contribution is 0.606. The lowest BCUT2D eigenvalue weighted by atomic mass is 10.3. The van der Waals surface area contributed by atoms with Gasteiger partial charge in [-0.25, -0.2) is 9.37 Å². The summed E-state index contributed by atoms with van der Waals surface area (Å²) in [5, 5.41) is 9.34. The Hall–Kier alpha value is -2.57. The van der Waals surface area contributed by atoms with E-state index in [0.717, 1.165) is 18.1 Å². The first-order valence-corrected chi connectivity index (χ1v) is 8.42. The monoisotopic (exact) mass is 348 g/mol.